The van der Waals surface area contributed by atoms with Gasteiger partial charge < -0.3 is 14.2 Å². The van der Waals surface area contributed by atoms with Crippen molar-refractivity contribution in [2.24, 2.45) is 5.92 Å². The Balaban J connectivity index is 1.42. The highest BCUT2D eigenvalue weighted by atomic mass is 19.3. The molecule has 0 spiro atoms. The Labute approximate surface area is 176 Å². The molecule has 6 nitrogen and oxygen atoms in total. The van der Waals surface area contributed by atoms with Crippen molar-refractivity contribution in [1.82, 2.24) is 19.4 Å². The van der Waals surface area contributed by atoms with Crippen molar-refractivity contribution in [1.29, 1.82) is 0 Å². The predicted octanol–water partition coefficient (Wildman–Crippen LogP) is 4.95. The first-order valence-electron chi connectivity index (χ1n) is 10.00. The molecule has 1 amide bonds. The van der Waals surface area contributed by atoms with Gasteiger partial charge in [-0.05, 0) is 49.9 Å². The van der Waals surface area contributed by atoms with Crippen molar-refractivity contribution >= 4 is 5.91 Å². The van der Waals surface area contributed by atoms with Crippen LogP contribution in [0.3, 0.4) is 0 Å². The number of carbonyl (C=O) groups is 1. The number of nitrogens with zero attached hydrogens (tertiary/aromatic N) is 4. The number of rotatable bonds is 6. The van der Waals surface area contributed by atoms with Gasteiger partial charge in [-0.15, -0.1) is 0 Å². The summed E-state index contributed by atoms with van der Waals surface area (Å²) >= 11 is 0. The van der Waals surface area contributed by atoms with Crippen LogP contribution in [0.4, 0.5) is 13.2 Å². The van der Waals surface area contributed by atoms with Crippen LogP contribution in [0.2, 0.25) is 0 Å². The molecule has 1 fully saturated rings. The van der Waals surface area contributed by atoms with Crippen LogP contribution >= 0.6 is 0 Å². The summed E-state index contributed by atoms with van der Waals surface area (Å²) in [6.07, 6.45) is -0.468. The average Bonchev–Trinajstić information content (AvgIpc) is 3.44. The number of aryl methyl sites for hydroxylation is 1. The zero-order valence-corrected chi connectivity index (χ0v) is 16.7. The maximum absolute atomic E-state index is 14.8. The Morgan fingerprint density at radius 3 is 2.71 bits per heavy atom. The lowest BCUT2D eigenvalue weighted by atomic mass is 10.1. The minimum Gasteiger partial charge on any atom is -0.436 e. The molecule has 3 heterocycles. The third-order valence-electron chi connectivity index (χ3n) is 5.50. The van der Waals surface area contributed by atoms with E-state index in [0.29, 0.717) is 41.9 Å². The van der Waals surface area contributed by atoms with Crippen molar-refractivity contribution in [3.05, 3.63) is 59.4 Å². The van der Waals surface area contributed by atoms with Gasteiger partial charge in [-0.1, -0.05) is 6.07 Å². The number of ether oxygens (including phenoxy) is 1. The summed E-state index contributed by atoms with van der Waals surface area (Å²) in [5, 5.41) is 0. The van der Waals surface area contributed by atoms with E-state index in [-0.39, 0.29) is 17.5 Å². The van der Waals surface area contributed by atoms with Crippen LogP contribution in [0.25, 0.3) is 11.3 Å². The lowest BCUT2D eigenvalue weighted by Crippen LogP contribution is -2.27. The van der Waals surface area contributed by atoms with E-state index in [2.05, 4.69) is 9.97 Å². The molecule has 9 heteroatoms. The number of imidazole rings is 1. The minimum absolute atomic E-state index is 0.105. The Kier molecular flexibility index (Phi) is 4.68. The van der Waals surface area contributed by atoms with Gasteiger partial charge in [-0.2, -0.15) is 0 Å². The molecule has 1 aromatic carbocycles. The van der Waals surface area contributed by atoms with E-state index in [0.717, 1.165) is 12.8 Å². The normalized spacial score (nSPS) is 15.6. The molecular formula is C22H19F3N4O2. The van der Waals surface area contributed by atoms with Crippen molar-refractivity contribution in [3.8, 4) is 22.9 Å². The number of benzene rings is 1. The van der Waals surface area contributed by atoms with Crippen LogP contribution in [0.15, 0.2) is 36.4 Å². The fraction of sp³-hybridized carbons (Fsp3) is 0.318. The van der Waals surface area contributed by atoms with Crippen molar-refractivity contribution < 1.29 is 22.7 Å². The smallest absolute Gasteiger partial charge is 0.291 e. The number of halogens is 3. The number of alkyl halides is 2. The molecular weight excluding hydrogens is 409 g/mol. The molecule has 2 aliphatic rings. The quantitative estimate of drug-likeness (QED) is 0.558. The van der Waals surface area contributed by atoms with Gasteiger partial charge in [0.25, 0.3) is 12.3 Å². The highest BCUT2D eigenvalue weighted by molar-refractivity contribution is 5.94. The van der Waals surface area contributed by atoms with Crippen LogP contribution in [0, 0.1) is 18.7 Å². The minimum atomic E-state index is -2.75. The standard InChI is InChI=1S/C22H19F3N4O2/c1-12-19(29-11-28(10-13-5-6-13)22(30)21(29)26-12)14-7-8-17(15(23)9-14)31-18-4-2-3-16(27-18)20(24)25/h2-4,7-9,13,20H,5-6,10-11H2,1H3. The van der Waals surface area contributed by atoms with E-state index < -0.39 is 17.9 Å². The molecule has 0 N–H and O–H groups in total. The predicted molar refractivity (Wildman–Crippen MR) is 105 cm³/mol. The maximum atomic E-state index is 14.8. The molecule has 0 atom stereocenters. The Bertz CT molecular complexity index is 1170. The number of hydrogen-bond donors (Lipinski definition) is 0. The van der Waals surface area contributed by atoms with Gasteiger partial charge in [0.05, 0.1) is 18.1 Å². The maximum Gasteiger partial charge on any atom is 0.291 e. The summed E-state index contributed by atoms with van der Waals surface area (Å²) in [5.74, 6) is -0.103. The van der Waals surface area contributed by atoms with Crippen LogP contribution in [0.5, 0.6) is 11.6 Å². The summed E-state index contributed by atoms with van der Waals surface area (Å²) in [6, 6.07) is 8.29. The molecule has 2 aromatic heterocycles. The van der Waals surface area contributed by atoms with Crippen molar-refractivity contribution in [2.45, 2.75) is 32.9 Å². The summed E-state index contributed by atoms with van der Waals surface area (Å²) in [7, 11) is 0. The lowest BCUT2D eigenvalue weighted by molar-refractivity contribution is 0.0758. The zero-order chi connectivity index (χ0) is 21.7. The molecule has 1 aliphatic heterocycles. The van der Waals surface area contributed by atoms with Gasteiger partial charge in [-0.3, -0.25) is 4.79 Å². The molecule has 31 heavy (non-hydrogen) atoms. The first-order chi connectivity index (χ1) is 14.9. The van der Waals surface area contributed by atoms with E-state index >= 15 is 0 Å². The average molecular weight is 428 g/mol. The molecule has 1 aliphatic carbocycles. The number of pyridine rings is 1. The molecule has 0 saturated heterocycles. The molecule has 5 rings (SSSR count). The Hall–Kier alpha value is -3.36. The van der Waals surface area contributed by atoms with Crippen molar-refractivity contribution in [2.75, 3.05) is 6.54 Å². The topological polar surface area (TPSA) is 60.2 Å². The van der Waals surface area contributed by atoms with Gasteiger partial charge >= 0.3 is 0 Å². The monoisotopic (exact) mass is 428 g/mol. The second-order valence-electron chi connectivity index (χ2n) is 7.86. The number of amides is 1. The molecule has 160 valence electrons. The molecule has 0 unspecified atom stereocenters. The van der Waals surface area contributed by atoms with Crippen LogP contribution < -0.4 is 4.74 Å². The third kappa shape index (κ3) is 3.64. The van der Waals surface area contributed by atoms with E-state index in [1.807, 2.05) is 4.57 Å². The second-order valence-corrected chi connectivity index (χ2v) is 7.86. The zero-order valence-electron chi connectivity index (χ0n) is 16.7. The largest absolute Gasteiger partial charge is 0.436 e. The Morgan fingerprint density at radius 2 is 2.00 bits per heavy atom. The van der Waals surface area contributed by atoms with Crippen molar-refractivity contribution in [3.63, 3.8) is 0 Å². The van der Waals surface area contributed by atoms with Crippen LogP contribution in [-0.4, -0.2) is 31.9 Å². The van der Waals surface area contributed by atoms with Gasteiger partial charge in [0, 0.05) is 18.2 Å². The summed E-state index contributed by atoms with van der Waals surface area (Å²) in [6.45, 7) is 2.89. The summed E-state index contributed by atoms with van der Waals surface area (Å²) in [5.41, 5.74) is 1.41. The summed E-state index contributed by atoms with van der Waals surface area (Å²) in [4.78, 5) is 22.5. The second kappa shape index (κ2) is 7.40. The third-order valence-corrected chi connectivity index (χ3v) is 5.50. The number of fused-ring (bicyclic) bond motifs is 1. The molecule has 3 aromatic rings. The Morgan fingerprint density at radius 1 is 1.19 bits per heavy atom. The van der Waals surface area contributed by atoms with E-state index in [4.69, 9.17) is 4.74 Å². The van der Waals surface area contributed by atoms with E-state index in [1.165, 1.54) is 30.3 Å². The van der Waals surface area contributed by atoms with E-state index in [9.17, 15) is 18.0 Å². The van der Waals surface area contributed by atoms with Crippen LogP contribution in [-0.2, 0) is 6.67 Å². The number of carbonyl (C=O) groups excluding carboxylic acids is 1. The summed E-state index contributed by atoms with van der Waals surface area (Å²) < 4.78 is 47.6. The molecule has 0 bridgehead atoms. The highest BCUT2D eigenvalue weighted by Crippen LogP contribution is 2.35. The highest BCUT2D eigenvalue weighted by Gasteiger charge is 2.36. The lowest BCUT2D eigenvalue weighted by Gasteiger charge is -2.16. The number of aromatic nitrogens is 3. The van der Waals surface area contributed by atoms with E-state index in [1.54, 1.807) is 17.9 Å². The number of hydrogen-bond acceptors (Lipinski definition) is 4. The first kappa shape index (κ1) is 19.6. The first-order valence-corrected chi connectivity index (χ1v) is 10.00. The molecule has 1 saturated carbocycles. The van der Waals surface area contributed by atoms with Crippen LogP contribution in [0.1, 0.15) is 41.3 Å². The fourth-order valence-corrected chi connectivity index (χ4v) is 3.82. The van der Waals surface area contributed by atoms with Gasteiger partial charge in [-0.25, -0.2) is 23.1 Å². The SMILES string of the molecule is Cc1nc2n(c1-c1ccc(Oc3cccc(C(F)F)n3)c(F)c1)CN(CC1CC1)C2=O. The van der Waals surface area contributed by atoms with Gasteiger partial charge in [0.15, 0.2) is 11.6 Å². The molecule has 0 radical (unpaired) electrons. The fourth-order valence-electron chi connectivity index (χ4n) is 3.82. The van der Waals surface area contributed by atoms with Gasteiger partial charge in [0.1, 0.15) is 5.69 Å². The van der Waals surface area contributed by atoms with Gasteiger partial charge in [0.2, 0.25) is 11.7 Å².